The lowest BCUT2D eigenvalue weighted by atomic mass is 9.79. The quantitative estimate of drug-likeness (QED) is 0.832. The number of aryl methyl sites for hydroxylation is 1. The maximum atomic E-state index is 6.11. The number of nitrogens with one attached hydrogen (secondary N) is 1. The van der Waals surface area contributed by atoms with Crippen LogP contribution in [0.3, 0.4) is 0 Å². The Morgan fingerprint density at radius 3 is 2.62 bits per heavy atom. The molecule has 2 heteroatoms. The van der Waals surface area contributed by atoms with E-state index in [1.165, 1.54) is 36.8 Å². The first kappa shape index (κ1) is 11.9. The number of hydrogen-bond acceptors (Lipinski definition) is 1. The lowest BCUT2D eigenvalue weighted by Gasteiger charge is -2.30. The molecule has 1 saturated carbocycles. The van der Waals surface area contributed by atoms with E-state index in [4.69, 9.17) is 11.6 Å². The minimum absolute atomic E-state index is 0.461. The van der Waals surface area contributed by atoms with Crippen LogP contribution in [0, 0.1) is 12.8 Å². The molecule has 1 nitrogen and oxygen atoms in total. The molecule has 1 N–H and O–H groups in total. The Kier molecular flexibility index (Phi) is 3.88. The highest BCUT2D eigenvalue weighted by molar-refractivity contribution is 6.30. The van der Waals surface area contributed by atoms with Gasteiger partial charge in [-0.25, -0.2) is 0 Å². The van der Waals surface area contributed by atoms with Crippen LogP contribution in [0.1, 0.15) is 42.9 Å². The normalized spacial score (nSPS) is 18.2. The highest BCUT2D eigenvalue weighted by Gasteiger charge is 2.22. The van der Waals surface area contributed by atoms with Crippen molar-refractivity contribution in [2.24, 2.45) is 5.92 Å². The van der Waals surface area contributed by atoms with E-state index in [0.29, 0.717) is 6.04 Å². The Balaban J connectivity index is 2.11. The molecule has 0 bridgehead atoms. The standard InChI is InChI=1S/C14H20ClN/c1-10-6-12(9-13(15)7-10)14(16-2)8-11-4-3-5-11/h6-7,9,11,14,16H,3-5,8H2,1-2H3. The molecule has 1 aromatic rings. The van der Waals surface area contributed by atoms with Crippen molar-refractivity contribution in [1.29, 1.82) is 0 Å². The zero-order chi connectivity index (χ0) is 11.5. The molecule has 2 rings (SSSR count). The molecule has 0 saturated heterocycles. The third-order valence-electron chi connectivity index (χ3n) is 3.61. The van der Waals surface area contributed by atoms with E-state index in [-0.39, 0.29) is 0 Å². The second-order valence-corrected chi connectivity index (χ2v) is 5.37. The topological polar surface area (TPSA) is 12.0 Å². The Hall–Kier alpha value is -0.530. The summed E-state index contributed by atoms with van der Waals surface area (Å²) in [7, 11) is 2.04. The summed E-state index contributed by atoms with van der Waals surface area (Å²) < 4.78 is 0. The van der Waals surface area contributed by atoms with Crippen LogP contribution in [0.5, 0.6) is 0 Å². The van der Waals surface area contributed by atoms with Crippen LogP contribution in [0.25, 0.3) is 0 Å². The van der Waals surface area contributed by atoms with Gasteiger partial charge in [0.25, 0.3) is 0 Å². The van der Waals surface area contributed by atoms with Gasteiger partial charge in [0.1, 0.15) is 0 Å². The summed E-state index contributed by atoms with van der Waals surface area (Å²) in [5.74, 6) is 0.914. The zero-order valence-electron chi connectivity index (χ0n) is 10.1. The number of rotatable bonds is 4. The Morgan fingerprint density at radius 2 is 2.12 bits per heavy atom. The maximum absolute atomic E-state index is 6.11. The van der Waals surface area contributed by atoms with Crippen LogP contribution in [0.4, 0.5) is 0 Å². The molecule has 0 heterocycles. The largest absolute Gasteiger partial charge is 0.313 e. The maximum Gasteiger partial charge on any atom is 0.0411 e. The van der Waals surface area contributed by atoms with Gasteiger partial charge in [0.05, 0.1) is 0 Å². The van der Waals surface area contributed by atoms with Crippen LogP contribution < -0.4 is 5.32 Å². The first-order valence-corrected chi connectivity index (χ1v) is 6.51. The molecule has 0 aliphatic heterocycles. The summed E-state index contributed by atoms with van der Waals surface area (Å²) in [5, 5.41) is 4.26. The van der Waals surface area contributed by atoms with Gasteiger partial charge in [0.15, 0.2) is 0 Å². The molecule has 0 aromatic heterocycles. The van der Waals surface area contributed by atoms with Gasteiger partial charge in [-0.1, -0.05) is 36.9 Å². The van der Waals surface area contributed by atoms with Crippen LogP contribution >= 0.6 is 11.6 Å². The Bertz CT molecular complexity index is 338. The fourth-order valence-electron chi connectivity index (χ4n) is 2.45. The van der Waals surface area contributed by atoms with Crippen molar-refractivity contribution < 1.29 is 0 Å². The molecule has 1 aliphatic carbocycles. The van der Waals surface area contributed by atoms with Crippen molar-refractivity contribution >= 4 is 11.6 Å². The molecule has 16 heavy (non-hydrogen) atoms. The second kappa shape index (κ2) is 5.20. The average molecular weight is 238 g/mol. The van der Waals surface area contributed by atoms with E-state index in [1.807, 2.05) is 13.1 Å². The predicted octanol–water partition coefficient (Wildman–Crippen LogP) is 4.10. The predicted molar refractivity (Wildman–Crippen MR) is 69.9 cm³/mol. The van der Waals surface area contributed by atoms with Crippen molar-refractivity contribution in [3.05, 3.63) is 34.3 Å². The molecule has 88 valence electrons. The lowest BCUT2D eigenvalue weighted by molar-refractivity contribution is 0.265. The highest BCUT2D eigenvalue weighted by Crippen LogP contribution is 2.35. The van der Waals surface area contributed by atoms with Gasteiger partial charge in [-0.15, -0.1) is 0 Å². The molecule has 1 unspecified atom stereocenters. The smallest absolute Gasteiger partial charge is 0.0411 e. The Morgan fingerprint density at radius 1 is 1.38 bits per heavy atom. The summed E-state index contributed by atoms with van der Waals surface area (Å²) in [4.78, 5) is 0. The third kappa shape index (κ3) is 2.78. The first-order chi connectivity index (χ1) is 7.69. The van der Waals surface area contributed by atoms with Crippen molar-refractivity contribution in [3.63, 3.8) is 0 Å². The van der Waals surface area contributed by atoms with Crippen LogP contribution in [-0.4, -0.2) is 7.05 Å². The van der Waals surface area contributed by atoms with Gasteiger partial charge in [-0.2, -0.15) is 0 Å². The van der Waals surface area contributed by atoms with Crippen LogP contribution in [0.15, 0.2) is 18.2 Å². The van der Waals surface area contributed by atoms with E-state index in [1.54, 1.807) is 0 Å². The van der Waals surface area contributed by atoms with Gasteiger partial charge in [-0.05, 0) is 49.6 Å². The molecule has 1 fully saturated rings. The zero-order valence-corrected chi connectivity index (χ0v) is 10.8. The lowest BCUT2D eigenvalue weighted by Crippen LogP contribution is -2.23. The first-order valence-electron chi connectivity index (χ1n) is 6.13. The molecule has 1 aromatic carbocycles. The fraction of sp³-hybridized carbons (Fsp3) is 0.571. The van der Waals surface area contributed by atoms with E-state index >= 15 is 0 Å². The van der Waals surface area contributed by atoms with Gasteiger partial charge < -0.3 is 5.32 Å². The van der Waals surface area contributed by atoms with Crippen molar-refractivity contribution in [2.45, 2.75) is 38.6 Å². The SMILES string of the molecule is CNC(CC1CCC1)c1cc(C)cc(Cl)c1. The highest BCUT2D eigenvalue weighted by atomic mass is 35.5. The summed E-state index contributed by atoms with van der Waals surface area (Å²) in [5.41, 5.74) is 2.58. The molecular formula is C14H20ClN. The van der Waals surface area contributed by atoms with Crippen molar-refractivity contribution in [1.82, 2.24) is 5.32 Å². The number of halogens is 1. The minimum atomic E-state index is 0.461. The van der Waals surface area contributed by atoms with Crippen molar-refractivity contribution in [3.8, 4) is 0 Å². The minimum Gasteiger partial charge on any atom is -0.313 e. The molecule has 0 radical (unpaired) electrons. The Labute approximate surface area is 103 Å². The molecule has 0 spiro atoms. The molecular weight excluding hydrogens is 218 g/mol. The average Bonchev–Trinajstić information content (AvgIpc) is 2.14. The van der Waals surface area contributed by atoms with Crippen LogP contribution in [0.2, 0.25) is 5.02 Å². The molecule has 1 atom stereocenters. The molecule has 1 aliphatic rings. The summed E-state index contributed by atoms with van der Waals surface area (Å²) in [6.07, 6.45) is 5.46. The van der Waals surface area contributed by atoms with Gasteiger partial charge in [0, 0.05) is 11.1 Å². The van der Waals surface area contributed by atoms with E-state index < -0.39 is 0 Å². The van der Waals surface area contributed by atoms with Crippen molar-refractivity contribution in [2.75, 3.05) is 7.05 Å². The number of benzene rings is 1. The monoisotopic (exact) mass is 237 g/mol. The summed E-state index contributed by atoms with van der Waals surface area (Å²) in [6.45, 7) is 2.10. The second-order valence-electron chi connectivity index (χ2n) is 4.94. The third-order valence-corrected chi connectivity index (χ3v) is 3.83. The van der Waals surface area contributed by atoms with Gasteiger partial charge >= 0.3 is 0 Å². The van der Waals surface area contributed by atoms with E-state index in [2.05, 4.69) is 24.4 Å². The summed E-state index contributed by atoms with van der Waals surface area (Å²) in [6, 6.07) is 6.81. The van der Waals surface area contributed by atoms with Crippen LogP contribution in [-0.2, 0) is 0 Å². The van der Waals surface area contributed by atoms with Gasteiger partial charge in [-0.3, -0.25) is 0 Å². The molecule has 0 amide bonds. The van der Waals surface area contributed by atoms with Gasteiger partial charge in [0.2, 0.25) is 0 Å². The van der Waals surface area contributed by atoms with E-state index in [9.17, 15) is 0 Å². The number of hydrogen-bond donors (Lipinski definition) is 1. The summed E-state index contributed by atoms with van der Waals surface area (Å²) >= 11 is 6.11. The fourth-order valence-corrected chi connectivity index (χ4v) is 2.75. The van der Waals surface area contributed by atoms with E-state index in [0.717, 1.165) is 10.9 Å².